The molecular weight excluding hydrogens is 202 g/mol. The van der Waals surface area contributed by atoms with Crippen molar-refractivity contribution >= 4 is 5.91 Å². The van der Waals surface area contributed by atoms with E-state index < -0.39 is 35.7 Å². The summed E-state index contributed by atoms with van der Waals surface area (Å²) in [6.45, 7) is 2.01. The van der Waals surface area contributed by atoms with Gasteiger partial charge in [-0.25, -0.2) is 0 Å². The Morgan fingerprint density at radius 1 is 1.07 bits per heavy atom. The van der Waals surface area contributed by atoms with Crippen molar-refractivity contribution in [2.24, 2.45) is 11.1 Å². The molecule has 2 atom stereocenters. The molecule has 0 aromatic heterocycles. The lowest BCUT2D eigenvalue weighted by atomic mass is 9.63. The van der Waals surface area contributed by atoms with Crippen molar-refractivity contribution in [3.8, 4) is 0 Å². The second kappa shape index (κ2) is 4.05. The smallest absolute Gasteiger partial charge is 0.229 e. The molecule has 1 amide bonds. The van der Waals surface area contributed by atoms with Crippen LogP contribution in [0.1, 0.15) is 20.8 Å². The monoisotopic (exact) mass is 221 g/mol. The van der Waals surface area contributed by atoms with E-state index in [9.17, 15) is 15.0 Å². The molecule has 0 spiro atoms. The van der Waals surface area contributed by atoms with E-state index in [0.29, 0.717) is 0 Å². The van der Waals surface area contributed by atoms with Crippen LogP contribution in [-0.4, -0.2) is 50.7 Å². The van der Waals surface area contributed by atoms with Gasteiger partial charge in [0, 0.05) is 0 Å². The first kappa shape index (κ1) is 14.3. The molecule has 6 nitrogen and oxygen atoms in total. The molecule has 0 radical (unpaired) electrons. The third-order valence-electron chi connectivity index (χ3n) is 3.26. The summed E-state index contributed by atoms with van der Waals surface area (Å²) in [5.74, 6) is -0.999. The number of carbonyl (C=O) groups excluding carboxylic acids is 1. The predicted molar refractivity (Wildman–Crippen MR) is 52.7 cm³/mol. The summed E-state index contributed by atoms with van der Waals surface area (Å²) < 4.78 is 0. The Kier molecular flexibility index (Phi) is 3.87. The first-order valence-corrected chi connectivity index (χ1v) is 4.53. The van der Waals surface area contributed by atoms with Gasteiger partial charge in [0.05, 0.1) is 13.2 Å². The molecule has 0 saturated heterocycles. The van der Waals surface area contributed by atoms with Crippen molar-refractivity contribution in [3.05, 3.63) is 0 Å². The Bertz CT molecular complexity index is 233. The molecule has 15 heavy (non-hydrogen) atoms. The number of aliphatic hydroxyl groups is 4. The van der Waals surface area contributed by atoms with E-state index in [1.807, 2.05) is 0 Å². The summed E-state index contributed by atoms with van der Waals surface area (Å²) in [5, 5.41) is 37.7. The van der Waals surface area contributed by atoms with Gasteiger partial charge in [-0.15, -0.1) is 0 Å². The average molecular weight is 221 g/mol. The third-order valence-corrected chi connectivity index (χ3v) is 3.26. The molecule has 0 heterocycles. The van der Waals surface area contributed by atoms with Gasteiger partial charge in [-0.2, -0.15) is 0 Å². The Hall–Kier alpha value is -0.690. The van der Waals surface area contributed by atoms with Crippen LogP contribution < -0.4 is 5.73 Å². The summed E-state index contributed by atoms with van der Waals surface area (Å²) in [5.41, 5.74) is -0.596. The molecule has 0 bridgehead atoms. The van der Waals surface area contributed by atoms with Gasteiger partial charge >= 0.3 is 0 Å². The molecule has 2 unspecified atom stereocenters. The molecule has 90 valence electrons. The summed E-state index contributed by atoms with van der Waals surface area (Å²) in [6.07, 6.45) is 0. The average Bonchev–Trinajstić information content (AvgIpc) is 2.15. The van der Waals surface area contributed by atoms with Crippen molar-refractivity contribution in [1.82, 2.24) is 0 Å². The van der Waals surface area contributed by atoms with E-state index in [4.69, 9.17) is 15.9 Å². The van der Waals surface area contributed by atoms with E-state index in [1.54, 1.807) is 0 Å². The lowest BCUT2D eigenvalue weighted by Crippen LogP contribution is -2.66. The third kappa shape index (κ3) is 1.98. The van der Waals surface area contributed by atoms with Gasteiger partial charge in [-0.3, -0.25) is 4.79 Å². The number of nitrogens with two attached hydrogens (primary N) is 1. The van der Waals surface area contributed by atoms with Crippen LogP contribution in [0.5, 0.6) is 0 Å². The van der Waals surface area contributed by atoms with E-state index in [-0.39, 0.29) is 0 Å². The standard InChI is InChI=1S/C9H19NO5/c1-7(14,4-11)9(3,6(10)13)8(2,15)5-12/h11-12,14-15H,4-5H2,1-3H3,(H2,10,13). The van der Waals surface area contributed by atoms with Crippen LogP contribution in [0.15, 0.2) is 0 Å². The molecule has 0 aromatic carbocycles. The first-order valence-electron chi connectivity index (χ1n) is 4.53. The minimum Gasteiger partial charge on any atom is -0.393 e. The van der Waals surface area contributed by atoms with Gasteiger partial charge in [-0.05, 0) is 20.8 Å². The largest absolute Gasteiger partial charge is 0.393 e. The Morgan fingerprint density at radius 3 is 1.47 bits per heavy atom. The van der Waals surface area contributed by atoms with E-state index in [0.717, 1.165) is 0 Å². The molecule has 0 aliphatic rings. The zero-order chi connectivity index (χ0) is 12.5. The van der Waals surface area contributed by atoms with Crippen LogP contribution in [0.4, 0.5) is 0 Å². The number of amides is 1. The lowest BCUT2D eigenvalue weighted by molar-refractivity contribution is -0.202. The van der Waals surface area contributed by atoms with Crippen LogP contribution in [-0.2, 0) is 4.79 Å². The van der Waals surface area contributed by atoms with Crippen LogP contribution in [0.3, 0.4) is 0 Å². The van der Waals surface area contributed by atoms with Gasteiger partial charge in [0.1, 0.15) is 16.6 Å². The van der Waals surface area contributed by atoms with Crippen molar-refractivity contribution in [2.75, 3.05) is 13.2 Å². The fourth-order valence-corrected chi connectivity index (χ4v) is 1.43. The number of rotatable bonds is 5. The quantitative estimate of drug-likeness (QED) is 0.366. The molecule has 0 fully saturated rings. The molecule has 0 aromatic rings. The fourth-order valence-electron chi connectivity index (χ4n) is 1.43. The van der Waals surface area contributed by atoms with Crippen molar-refractivity contribution in [2.45, 2.75) is 32.0 Å². The first-order chi connectivity index (χ1) is 6.56. The SMILES string of the molecule is CC(O)(CO)C(C)(C(N)=O)C(C)(O)CO. The zero-order valence-electron chi connectivity index (χ0n) is 9.19. The predicted octanol–water partition coefficient (Wildman–Crippen LogP) is -2.04. The van der Waals surface area contributed by atoms with Gasteiger partial charge in [0.25, 0.3) is 0 Å². The maximum absolute atomic E-state index is 11.3. The number of aliphatic hydroxyl groups excluding tert-OH is 2. The molecular formula is C9H19NO5. The summed E-state index contributed by atoms with van der Waals surface area (Å²) in [7, 11) is 0. The van der Waals surface area contributed by atoms with E-state index >= 15 is 0 Å². The normalized spacial score (nSPS) is 23.7. The highest BCUT2D eigenvalue weighted by Crippen LogP contribution is 2.40. The van der Waals surface area contributed by atoms with E-state index in [1.165, 1.54) is 20.8 Å². The van der Waals surface area contributed by atoms with Gasteiger partial charge in [0.2, 0.25) is 5.91 Å². The number of carbonyl (C=O) groups is 1. The second-order valence-corrected chi connectivity index (χ2v) is 4.35. The minimum atomic E-state index is -1.93. The summed E-state index contributed by atoms with van der Waals surface area (Å²) in [6, 6.07) is 0. The van der Waals surface area contributed by atoms with Crippen LogP contribution in [0.25, 0.3) is 0 Å². The van der Waals surface area contributed by atoms with Crippen LogP contribution in [0, 0.1) is 5.41 Å². The van der Waals surface area contributed by atoms with Crippen molar-refractivity contribution in [1.29, 1.82) is 0 Å². The van der Waals surface area contributed by atoms with Crippen LogP contribution >= 0.6 is 0 Å². The molecule has 0 saturated carbocycles. The topological polar surface area (TPSA) is 124 Å². The van der Waals surface area contributed by atoms with Crippen LogP contribution in [0.2, 0.25) is 0 Å². The summed E-state index contributed by atoms with van der Waals surface area (Å²) in [4.78, 5) is 11.3. The number of primary amides is 1. The second-order valence-electron chi connectivity index (χ2n) is 4.35. The van der Waals surface area contributed by atoms with Crippen molar-refractivity contribution < 1.29 is 25.2 Å². The summed E-state index contributed by atoms with van der Waals surface area (Å²) >= 11 is 0. The maximum Gasteiger partial charge on any atom is 0.229 e. The van der Waals surface area contributed by atoms with Gasteiger partial charge < -0.3 is 26.2 Å². The highest BCUT2D eigenvalue weighted by molar-refractivity contribution is 5.83. The highest BCUT2D eigenvalue weighted by Gasteiger charge is 2.59. The number of hydrogen-bond acceptors (Lipinski definition) is 5. The van der Waals surface area contributed by atoms with Gasteiger partial charge in [0.15, 0.2) is 0 Å². The van der Waals surface area contributed by atoms with Gasteiger partial charge in [-0.1, -0.05) is 0 Å². The Balaban J connectivity index is 5.55. The highest BCUT2D eigenvalue weighted by atomic mass is 16.4. The molecule has 0 rings (SSSR count). The molecule has 6 heteroatoms. The Morgan fingerprint density at radius 2 is 1.33 bits per heavy atom. The molecule has 6 N–H and O–H groups in total. The zero-order valence-corrected chi connectivity index (χ0v) is 9.19. The lowest BCUT2D eigenvalue weighted by Gasteiger charge is -2.47. The van der Waals surface area contributed by atoms with Crippen molar-refractivity contribution in [3.63, 3.8) is 0 Å². The molecule has 0 aliphatic carbocycles. The van der Waals surface area contributed by atoms with E-state index in [2.05, 4.69) is 0 Å². The Labute approximate surface area is 88.3 Å². The number of hydrogen-bond donors (Lipinski definition) is 5. The minimum absolute atomic E-state index is 0.761. The fraction of sp³-hybridized carbons (Fsp3) is 0.889. The molecule has 0 aliphatic heterocycles. The maximum atomic E-state index is 11.3.